The predicted molar refractivity (Wildman–Crippen MR) is 237 cm³/mol. The number of hydrogen-bond donors (Lipinski definition) is 1. The molecule has 2 bridgehead atoms. The van der Waals surface area contributed by atoms with E-state index >= 15 is 13.6 Å². The molecule has 332 valence electrons. The zero-order chi connectivity index (χ0) is 44.8. The molecule has 1 unspecified atom stereocenters. The summed E-state index contributed by atoms with van der Waals surface area (Å²) in [5, 5.41) is 14.8. The van der Waals surface area contributed by atoms with Crippen molar-refractivity contribution < 1.29 is 22.8 Å². The van der Waals surface area contributed by atoms with Gasteiger partial charge < -0.3 is 9.64 Å². The molecule has 0 radical (unpaired) electrons. The fourth-order valence-electron chi connectivity index (χ4n) is 10.9. The monoisotopic (exact) mass is 898 g/mol. The Balaban J connectivity index is 1.01. The van der Waals surface area contributed by atoms with Gasteiger partial charge in [-0.3, -0.25) is 28.1 Å². The molecule has 12 rings (SSSR count). The van der Waals surface area contributed by atoms with E-state index in [1.54, 1.807) is 72.1 Å². The molecular weight excluding hydrogens is 855 g/mol. The average molecular weight is 899 g/mol. The van der Waals surface area contributed by atoms with Gasteiger partial charge in [-0.2, -0.15) is 10.2 Å². The minimum atomic E-state index is -0.741. The van der Waals surface area contributed by atoms with Crippen molar-refractivity contribution in [3.63, 3.8) is 0 Å². The van der Waals surface area contributed by atoms with Crippen molar-refractivity contribution in [1.82, 2.24) is 48.7 Å². The maximum Gasteiger partial charge on any atom is 0.438 e. The molecule has 2 saturated heterocycles. The third-order valence-corrected chi connectivity index (χ3v) is 15.4. The van der Waals surface area contributed by atoms with Crippen LogP contribution in [0.2, 0.25) is 0 Å². The molecule has 1 N–H and O–H groups in total. The number of nitrogens with zero attached hydrogens (tertiary/aromatic N) is 9. The third-order valence-electron chi connectivity index (χ3n) is 14.2. The number of rotatable bonds is 7. The number of amides is 1. The average Bonchev–Trinajstić information content (AvgIpc) is 3.86. The Labute approximate surface area is 373 Å². The van der Waals surface area contributed by atoms with Crippen molar-refractivity contribution in [2.24, 2.45) is 7.05 Å². The minimum absolute atomic E-state index is 0.0523. The Morgan fingerprint density at radius 1 is 0.985 bits per heavy atom. The Morgan fingerprint density at radius 3 is 2.51 bits per heavy atom. The highest BCUT2D eigenvalue weighted by Crippen LogP contribution is 2.55. The number of ether oxygens (including phenoxy) is 1. The topological polar surface area (TPSA) is 164 Å². The van der Waals surface area contributed by atoms with E-state index in [4.69, 9.17) is 19.3 Å². The summed E-state index contributed by atoms with van der Waals surface area (Å²) in [6.07, 6.45) is 9.19. The number of nitrogens with one attached hydrogen (secondary N) is 1. The highest BCUT2D eigenvalue weighted by molar-refractivity contribution is 7.18. The number of benzene rings is 3. The SMILES string of the molecule is Cc1cc(-n2nc3c(c2-n2ccn(-c4ccc5c(cnn5C)c4F)c2=O)[C@@H]2CC[C@H](C3)N2C(=O)c2cc3nc(C4CCOC(C)(C)C4)sc3cc2C2(c3noc(=O)[nH]3)CC2)cc(C)c1F. The summed E-state index contributed by atoms with van der Waals surface area (Å²) in [7, 11) is 1.72. The van der Waals surface area contributed by atoms with Gasteiger partial charge in [0.2, 0.25) is 0 Å². The summed E-state index contributed by atoms with van der Waals surface area (Å²) >= 11 is 1.63. The Kier molecular flexibility index (Phi) is 8.61. The van der Waals surface area contributed by atoms with Gasteiger partial charge >= 0.3 is 11.4 Å². The Hall–Kier alpha value is -6.53. The number of aromatic nitrogens is 9. The first-order chi connectivity index (χ1) is 31.2. The quantitative estimate of drug-likeness (QED) is 0.170. The zero-order valence-corrected chi connectivity index (χ0v) is 37.1. The van der Waals surface area contributed by atoms with Crippen molar-refractivity contribution in [1.29, 1.82) is 0 Å². The van der Waals surface area contributed by atoms with Gasteiger partial charge in [0.05, 0.1) is 66.5 Å². The maximum atomic E-state index is 16.2. The molecule has 3 aliphatic heterocycles. The van der Waals surface area contributed by atoms with Gasteiger partial charge in [0, 0.05) is 55.6 Å². The number of thiazole rings is 1. The van der Waals surface area contributed by atoms with Crippen LogP contribution in [0.25, 0.3) is 38.3 Å². The second kappa shape index (κ2) is 14.0. The van der Waals surface area contributed by atoms with Crippen molar-refractivity contribution in [3.05, 3.63) is 132 Å². The number of H-pyrrole nitrogens is 1. The first-order valence-electron chi connectivity index (χ1n) is 22.0. The van der Waals surface area contributed by atoms with E-state index in [-0.39, 0.29) is 40.4 Å². The number of fused-ring (bicyclic) bond motifs is 6. The van der Waals surface area contributed by atoms with Gasteiger partial charge in [0.1, 0.15) is 11.6 Å². The lowest BCUT2D eigenvalue weighted by molar-refractivity contribution is -0.0593. The van der Waals surface area contributed by atoms with Crippen molar-refractivity contribution in [2.45, 2.75) is 102 Å². The second-order valence-electron chi connectivity index (χ2n) is 18.8. The lowest BCUT2D eigenvalue weighted by Gasteiger charge is -2.35. The zero-order valence-electron chi connectivity index (χ0n) is 36.3. The van der Waals surface area contributed by atoms with Crippen molar-refractivity contribution in [2.75, 3.05) is 6.61 Å². The standard InChI is InChI=1S/C47H44F2N10O5S/c1-23-16-27(17-24(2)38(23)48)59-41(57-14-13-56(45(57)62)35-9-8-33-29(39(35)49)22-50-55(33)5)37-32(53-59)18-26-6-7-34(37)58(26)42(60)28-19-31-36(65-40(51-31)25-10-15-63-46(3,4)21-25)20-30(28)47(11-12-47)43-52-44(61)64-54-43/h8-9,13-14,16-17,19-20,22,25-26,34H,6-7,10-12,15,18,21H2,1-5H3,(H,52,54,61)/t25?,26-,34+/m1/s1. The maximum absolute atomic E-state index is 16.2. The van der Waals surface area contributed by atoms with Crippen molar-refractivity contribution in [3.8, 4) is 17.2 Å². The molecule has 65 heavy (non-hydrogen) atoms. The summed E-state index contributed by atoms with van der Waals surface area (Å²) in [4.78, 5) is 52.6. The molecule has 3 fully saturated rings. The number of aryl methyl sites for hydroxylation is 3. The minimum Gasteiger partial charge on any atom is -0.376 e. The highest BCUT2D eigenvalue weighted by Gasteiger charge is 2.53. The van der Waals surface area contributed by atoms with E-state index in [0.29, 0.717) is 83.8 Å². The van der Waals surface area contributed by atoms with E-state index in [2.05, 4.69) is 35.2 Å². The molecule has 3 aromatic carbocycles. The normalized spacial score (nSPS) is 20.8. The molecule has 4 aliphatic rings. The molecular formula is C47H44F2N10O5S. The van der Waals surface area contributed by atoms with Gasteiger partial charge in [-0.1, -0.05) is 5.16 Å². The number of halogens is 2. The third kappa shape index (κ3) is 6.01. The lowest BCUT2D eigenvalue weighted by atomic mass is 9.88. The highest BCUT2D eigenvalue weighted by atomic mass is 32.1. The van der Waals surface area contributed by atoms with Crippen LogP contribution in [0.15, 0.2) is 69.1 Å². The van der Waals surface area contributed by atoms with Crippen LogP contribution in [0.1, 0.15) is 113 Å². The van der Waals surface area contributed by atoms with Crippen LogP contribution in [0.5, 0.6) is 0 Å². The molecule has 8 heterocycles. The number of carbonyl (C=O) groups excluding carboxylic acids is 1. The summed E-state index contributed by atoms with van der Waals surface area (Å²) in [6, 6.07) is 9.87. The van der Waals surface area contributed by atoms with Gasteiger partial charge in [0.25, 0.3) is 5.91 Å². The molecule has 15 nitrogen and oxygen atoms in total. The number of imidazole rings is 1. The Bertz CT molecular complexity index is 3410. The number of carbonyl (C=O) groups is 1. The van der Waals surface area contributed by atoms with Crippen molar-refractivity contribution >= 4 is 38.4 Å². The summed E-state index contributed by atoms with van der Waals surface area (Å²) in [5.74, 6) is -0.829. The lowest BCUT2D eigenvalue weighted by Crippen LogP contribution is -2.42. The van der Waals surface area contributed by atoms with E-state index in [1.165, 1.54) is 21.5 Å². The molecule has 1 saturated carbocycles. The van der Waals surface area contributed by atoms with Crippen LogP contribution in [0.4, 0.5) is 8.78 Å². The summed E-state index contributed by atoms with van der Waals surface area (Å²) in [5.41, 5.74) is 3.76. The first kappa shape index (κ1) is 40.0. The predicted octanol–water partition coefficient (Wildman–Crippen LogP) is 7.54. The van der Waals surface area contributed by atoms with E-state index < -0.39 is 28.7 Å². The molecule has 3 atom stereocenters. The first-order valence-corrected chi connectivity index (χ1v) is 22.8. The van der Waals surface area contributed by atoms with Crippen LogP contribution in [0.3, 0.4) is 0 Å². The molecule has 5 aromatic heterocycles. The van der Waals surface area contributed by atoms with Gasteiger partial charge in [-0.25, -0.2) is 28.0 Å². The molecule has 8 aromatic rings. The molecule has 1 amide bonds. The van der Waals surface area contributed by atoms with E-state index in [0.717, 1.165) is 39.3 Å². The van der Waals surface area contributed by atoms with Crippen LogP contribution in [-0.2, 0) is 23.6 Å². The fourth-order valence-corrected chi connectivity index (χ4v) is 12.0. The van der Waals surface area contributed by atoms with Crippen LogP contribution >= 0.6 is 11.3 Å². The van der Waals surface area contributed by atoms with Crippen LogP contribution in [-0.4, -0.2) is 72.9 Å². The van der Waals surface area contributed by atoms with E-state index in [1.807, 2.05) is 11.0 Å². The number of hydrogen-bond acceptors (Lipinski definition) is 10. The Morgan fingerprint density at radius 2 is 1.77 bits per heavy atom. The van der Waals surface area contributed by atoms with E-state index in [9.17, 15) is 9.59 Å². The number of aromatic amines is 1. The molecule has 18 heteroatoms. The van der Waals surface area contributed by atoms with Crippen LogP contribution in [0, 0.1) is 25.5 Å². The van der Waals surface area contributed by atoms with Gasteiger partial charge in [0.15, 0.2) is 11.6 Å². The summed E-state index contributed by atoms with van der Waals surface area (Å²) in [6.45, 7) is 8.20. The molecule has 1 aliphatic carbocycles. The van der Waals surface area contributed by atoms with Gasteiger partial charge in [-0.15, -0.1) is 11.3 Å². The largest absolute Gasteiger partial charge is 0.438 e. The van der Waals surface area contributed by atoms with Crippen LogP contribution < -0.4 is 11.4 Å². The second-order valence-corrected chi connectivity index (χ2v) is 19.9. The van der Waals surface area contributed by atoms with Gasteiger partial charge in [-0.05, 0) is 119 Å². The summed E-state index contributed by atoms with van der Waals surface area (Å²) < 4.78 is 49.2. The fraction of sp³-hybridized carbons (Fsp3) is 0.383. The smallest absolute Gasteiger partial charge is 0.376 e. The molecule has 0 spiro atoms.